The zero-order valence-corrected chi connectivity index (χ0v) is 14.5. The number of aromatic nitrogens is 2. The number of hydrogen-bond acceptors (Lipinski definition) is 4. The topological polar surface area (TPSA) is 61.4 Å². The van der Waals surface area contributed by atoms with Crippen LogP contribution in [-0.2, 0) is 0 Å². The van der Waals surface area contributed by atoms with Crippen LogP contribution in [0.5, 0.6) is 5.75 Å². The molecule has 2 aromatic rings. The lowest BCUT2D eigenvalue weighted by Crippen LogP contribution is -2.41. The summed E-state index contributed by atoms with van der Waals surface area (Å²) in [7, 11) is 0. The van der Waals surface area contributed by atoms with Gasteiger partial charge in [-0.05, 0) is 62.6 Å². The van der Waals surface area contributed by atoms with Gasteiger partial charge < -0.3 is 9.84 Å². The van der Waals surface area contributed by atoms with Gasteiger partial charge >= 0.3 is 0 Å². The number of aromatic amines is 1. The van der Waals surface area contributed by atoms with E-state index in [1.807, 2.05) is 18.2 Å². The molecule has 0 amide bonds. The van der Waals surface area contributed by atoms with Crippen molar-refractivity contribution in [1.29, 1.82) is 0 Å². The molecule has 0 saturated carbocycles. The largest absolute Gasteiger partial charge is 0.491 e. The van der Waals surface area contributed by atoms with Crippen LogP contribution in [0.1, 0.15) is 35.6 Å². The van der Waals surface area contributed by atoms with E-state index in [1.54, 1.807) is 6.20 Å². The molecule has 1 aromatic carbocycles. The van der Waals surface area contributed by atoms with E-state index in [2.05, 4.69) is 35.0 Å². The standard InChI is InChI=1S/C19H27N3O2/c1-14-8-15(2)10-18(9-14)24-13-17(23)12-22-7-3-4-16(11-22)19-5-6-20-21-19/h5-6,8-10,16-17,23H,3-4,7,11-13H2,1-2H3,(H,20,21)/t16-,17+/m0/s1. The molecule has 3 rings (SSSR count). The van der Waals surface area contributed by atoms with Crippen LogP contribution in [0, 0.1) is 13.8 Å². The Hall–Kier alpha value is -1.85. The van der Waals surface area contributed by atoms with Crippen LogP contribution in [0.15, 0.2) is 30.5 Å². The molecule has 0 unspecified atom stereocenters. The van der Waals surface area contributed by atoms with Crippen LogP contribution >= 0.6 is 0 Å². The second-order valence-corrected chi connectivity index (χ2v) is 6.90. The number of ether oxygens (including phenoxy) is 1. The van der Waals surface area contributed by atoms with Crippen molar-refractivity contribution in [2.45, 2.75) is 38.7 Å². The fraction of sp³-hybridized carbons (Fsp3) is 0.526. The average molecular weight is 329 g/mol. The van der Waals surface area contributed by atoms with E-state index in [4.69, 9.17) is 4.74 Å². The molecule has 0 bridgehead atoms. The van der Waals surface area contributed by atoms with Gasteiger partial charge in [0.05, 0.1) is 0 Å². The van der Waals surface area contributed by atoms with Gasteiger partial charge in [-0.2, -0.15) is 5.10 Å². The fourth-order valence-electron chi connectivity index (χ4n) is 3.53. The van der Waals surface area contributed by atoms with Crippen LogP contribution in [0.25, 0.3) is 0 Å². The molecule has 2 N–H and O–H groups in total. The van der Waals surface area contributed by atoms with Crippen LogP contribution in [-0.4, -0.2) is 52.5 Å². The SMILES string of the molecule is Cc1cc(C)cc(OC[C@H](O)CN2CCC[C@H](c3ccn[nH]3)C2)c1. The summed E-state index contributed by atoms with van der Waals surface area (Å²) in [6, 6.07) is 8.18. The van der Waals surface area contributed by atoms with Gasteiger partial charge in [0.1, 0.15) is 18.5 Å². The van der Waals surface area contributed by atoms with Crippen LogP contribution in [0.3, 0.4) is 0 Å². The number of nitrogens with one attached hydrogen (secondary N) is 1. The first-order chi connectivity index (χ1) is 11.6. The Bertz CT molecular complexity index is 622. The molecule has 2 heterocycles. The van der Waals surface area contributed by atoms with E-state index >= 15 is 0 Å². The van der Waals surface area contributed by atoms with E-state index < -0.39 is 6.10 Å². The number of β-amino-alcohol motifs (C(OH)–C–C–N with tert-alkyl or cyclic N) is 1. The minimum atomic E-state index is -0.480. The highest BCUT2D eigenvalue weighted by Crippen LogP contribution is 2.25. The highest BCUT2D eigenvalue weighted by atomic mass is 16.5. The van der Waals surface area contributed by atoms with E-state index in [0.29, 0.717) is 19.1 Å². The van der Waals surface area contributed by atoms with Crippen LogP contribution in [0.4, 0.5) is 0 Å². The summed E-state index contributed by atoms with van der Waals surface area (Å²) in [4.78, 5) is 2.32. The Kier molecular flexibility index (Phi) is 5.53. The minimum absolute atomic E-state index is 0.327. The molecule has 0 spiro atoms. The number of aliphatic hydroxyl groups excluding tert-OH is 1. The number of H-pyrrole nitrogens is 1. The third kappa shape index (κ3) is 4.58. The first-order valence-electron chi connectivity index (χ1n) is 8.71. The first-order valence-corrected chi connectivity index (χ1v) is 8.71. The normalized spacial score (nSPS) is 20.0. The zero-order chi connectivity index (χ0) is 16.9. The summed E-state index contributed by atoms with van der Waals surface area (Å²) < 4.78 is 5.78. The molecule has 0 radical (unpaired) electrons. The van der Waals surface area contributed by atoms with Crippen LogP contribution < -0.4 is 4.74 Å². The molecule has 1 aliphatic rings. The van der Waals surface area contributed by atoms with Crippen molar-refractivity contribution >= 4 is 0 Å². The molecule has 1 fully saturated rings. The Morgan fingerprint density at radius 3 is 2.83 bits per heavy atom. The molecule has 0 aliphatic carbocycles. The van der Waals surface area contributed by atoms with Crippen molar-refractivity contribution in [3.8, 4) is 5.75 Å². The molecule has 5 heteroatoms. The van der Waals surface area contributed by atoms with Gasteiger partial charge in [-0.3, -0.25) is 10.00 Å². The number of nitrogens with zero attached hydrogens (tertiary/aromatic N) is 2. The summed E-state index contributed by atoms with van der Waals surface area (Å²) in [5.41, 5.74) is 3.55. The number of likely N-dealkylation sites (tertiary alicyclic amines) is 1. The van der Waals surface area contributed by atoms with E-state index in [9.17, 15) is 5.11 Å². The summed E-state index contributed by atoms with van der Waals surface area (Å²) in [6.45, 7) is 7.08. The number of piperidine rings is 1. The lowest BCUT2D eigenvalue weighted by atomic mass is 9.95. The quantitative estimate of drug-likeness (QED) is 0.855. The fourth-order valence-corrected chi connectivity index (χ4v) is 3.53. The van der Waals surface area contributed by atoms with Crippen molar-refractivity contribution in [3.05, 3.63) is 47.3 Å². The summed E-state index contributed by atoms with van der Waals surface area (Å²) >= 11 is 0. The van der Waals surface area contributed by atoms with Gasteiger partial charge in [0.25, 0.3) is 0 Å². The maximum absolute atomic E-state index is 10.3. The van der Waals surface area contributed by atoms with E-state index in [1.165, 1.54) is 23.2 Å². The molecule has 24 heavy (non-hydrogen) atoms. The van der Waals surface area contributed by atoms with Gasteiger partial charge in [-0.15, -0.1) is 0 Å². The van der Waals surface area contributed by atoms with Crippen molar-refractivity contribution < 1.29 is 9.84 Å². The highest BCUT2D eigenvalue weighted by Gasteiger charge is 2.23. The Balaban J connectivity index is 1.48. The second kappa shape index (κ2) is 7.81. The summed E-state index contributed by atoms with van der Waals surface area (Å²) in [5, 5.41) is 17.5. The molecule has 1 aliphatic heterocycles. The first kappa shape index (κ1) is 17.0. The van der Waals surface area contributed by atoms with E-state index in [-0.39, 0.29) is 0 Å². The average Bonchev–Trinajstić information content (AvgIpc) is 3.07. The number of aryl methyl sites for hydroxylation is 2. The maximum Gasteiger partial charge on any atom is 0.119 e. The Morgan fingerprint density at radius 2 is 2.12 bits per heavy atom. The maximum atomic E-state index is 10.3. The number of hydrogen-bond donors (Lipinski definition) is 2. The highest BCUT2D eigenvalue weighted by molar-refractivity contribution is 5.33. The molecule has 130 valence electrons. The van der Waals surface area contributed by atoms with Crippen molar-refractivity contribution in [3.63, 3.8) is 0 Å². The van der Waals surface area contributed by atoms with Crippen molar-refractivity contribution in [2.75, 3.05) is 26.2 Å². The third-order valence-corrected chi connectivity index (χ3v) is 4.57. The van der Waals surface area contributed by atoms with Gasteiger partial charge in [0.2, 0.25) is 0 Å². The minimum Gasteiger partial charge on any atom is -0.491 e. The van der Waals surface area contributed by atoms with Gasteiger partial charge in [0.15, 0.2) is 0 Å². The lowest BCUT2D eigenvalue weighted by molar-refractivity contribution is 0.0580. The van der Waals surface area contributed by atoms with Crippen LogP contribution in [0.2, 0.25) is 0 Å². The number of benzene rings is 1. The number of aliphatic hydroxyl groups is 1. The molecular formula is C19H27N3O2. The van der Waals surface area contributed by atoms with Gasteiger partial charge in [0, 0.05) is 30.9 Å². The summed E-state index contributed by atoms with van der Waals surface area (Å²) in [5.74, 6) is 1.31. The smallest absolute Gasteiger partial charge is 0.119 e. The predicted molar refractivity (Wildman–Crippen MR) is 94.4 cm³/mol. The molecular weight excluding hydrogens is 302 g/mol. The van der Waals surface area contributed by atoms with Gasteiger partial charge in [-0.25, -0.2) is 0 Å². The predicted octanol–water partition coefficient (Wildman–Crippen LogP) is 2.65. The third-order valence-electron chi connectivity index (χ3n) is 4.57. The lowest BCUT2D eigenvalue weighted by Gasteiger charge is -2.33. The molecule has 1 saturated heterocycles. The summed E-state index contributed by atoms with van der Waals surface area (Å²) in [6.07, 6.45) is 3.65. The Morgan fingerprint density at radius 1 is 1.33 bits per heavy atom. The number of rotatable bonds is 6. The van der Waals surface area contributed by atoms with E-state index in [0.717, 1.165) is 25.3 Å². The van der Waals surface area contributed by atoms with Gasteiger partial charge in [-0.1, -0.05) is 6.07 Å². The van der Waals surface area contributed by atoms with Crippen molar-refractivity contribution in [1.82, 2.24) is 15.1 Å². The molecule has 2 atom stereocenters. The molecule has 5 nitrogen and oxygen atoms in total. The molecule has 1 aromatic heterocycles. The monoisotopic (exact) mass is 329 g/mol. The Labute approximate surface area is 143 Å². The zero-order valence-electron chi connectivity index (χ0n) is 14.5. The van der Waals surface area contributed by atoms with Crippen molar-refractivity contribution in [2.24, 2.45) is 0 Å². The second-order valence-electron chi connectivity index (χ2n) is 6.90.